The molecule has 0 saturated heterocycles. The van der Waals surface area contributed by atoms with Crippen molar-refractivity contribution in [3.63, 3.8) is 0 Å². The predicted molar refractivity (Wildman–Crippen MR) is 76.8 cm³/mol. The molecule has 0 aromatic heterocycles. The molecule has 2 rings (SSSR count). The predicted octanol–water partition coefficient (Wildman–Crippen LogP) is 3.50. The highest BCUT2D eigenvalue weighted by Gasteiger charge is 2.25. The van der Waals surface area contributed by atoms with E-state index in [0.29, 0.717) is 24.9 Å². The second-order valence-electron chi connectivity index (χ2n) is 5.41. The first-order valence-corrected chi connectivity index (χ1v) is 7.20. The number of carbonyl (C=O) groups excluding carboxylic acids is 1. The van der Waals surface area contributed by atoms with Crippen LogP contribution >= 0.6 is 0 Å². The van der Waals surface area contributed by atoms with Gasteiger partial charge in [-0.25, -0.2) is 0 Å². The Labute approximate surface area is 115 Å². The van der Waals surface area contributed by atoms with Crippen molar-refractivity contribution in [1.82, 2.24) is 0 Å². The van der Waals surface area contributed by atoms with Crippen LogP contribution in [0.2, 0.25) is 0 Å². The topological polar surface area (TPSA) is 52.3 Å². The van der Waals surface area contributed by atoms with E-state index < -0.39 is 0 Å². The van der Waals surface area contributed by atoms with Gasteiger partial charge in [0.05, 0.1) is 6.61 Å². The molecule has 3 heteroatoms. The molecule has 1 aliphatic rings. The molecule has 3 nitrogen and oxygen atoms in total. The Morgan fingerprint density at radius 3 is 2.74 bits per heavy atom. The number of ether oxygens (including phenoxy) is 1. The molecule has 1 aromatic rings. The molecular weight excluding hydrogens is 238 g/mol. The minimum absolute atomic E-state index is 0.0505. The maximum atomic E-state index is 11.6. The van der Waals surface area contributed by atoms with Gasteiger partial charge in [-0.2, -0.15) is 0 Å². The summed E-state index contributed by atoms with van der Waals surface area (Å²) in [6.07, 6.45) is 5.20. The van der Waals surface area contributed by atoms with Gasteiger partial charge < -0.3 is 10.5 Å². The fraction of sp³-hybridized carbons (Fsp3) is 0.562. The maximum Gasteiger partial charge on any atom is 0.306 e. The molecule has 0 amide bonds. The lowest BCUT2D eigenvalue weighted by atomic mass is 9.77. The van der Waals surface area contributed by atoms with Crippen LogP contribution in [-0.2, 0) is 9.53 Å². The van der Waals surface area contributed by atoms with E-state index in [4.69, 9.17) is 10.5 Å². The van der Waals surface area contributed by atoms with Crippen molar-refractivity contribution in [2.45, 2.75) is 44.9 Å². The van der Waals surface area contributed by atoms with E-state index in [9.17, 15) is 4.79 Å². The van der Waals surface area contributed by atoms with Gasteiger partial charge in [0.15, 0.2) is 0 Å². The molecule has 0 radical (unpaired) electrons. The minimum atomic E-state index is -0.0505. The van der Waals surface area contributed by atoms with Crippen molar-refractivity contribution < 1.29 is 9.53 Å². The molecule has 104 valence electrons. The molecular formula is C16H23NO2. The normalized spacial score (nSPS) is 23.0. The minimum Gasteiger partial charge on any atom is -0.466 e. The smallest absolute Gasteiger partial charge is 0.306 e. The summed E-state index contributed by atoms with van der Waals surface area (Å²) in [4.78, 5) is 11.6. The summed E-state index contributed by atoms with van der Waals surface area (Å²) >= 11 is 0. The molecule has 0 unspecified atom stereocenters. The lowest BCUT2D eigenvalue weighted by Crippen LogP contribution is -2.18. The van der Waals surface area contributed by atoms with Gasteiger partial charge >= 0.3 is 5.97 Å². The molecule has 0 bridgehead atoms. The number of anilines is 1. The quantitative estimate of drug-likeness (QED) is 0.666. The van der Waals surface area contributed by atoms with Crippen molar-refractivity contribution in [2.75, 3.05) is 12.3 Å². The first kappa shape index (κ1) is 13.9. The number of carbonyl (C=O) groups is 1. The molecule has 0 aliphatic heterocycles. The number of nitrogen functional groups attached to an aromatic ring is 1. The average molecular weight is 261 g/mol. The van der Waals surface area contributed by atoms with Gasteiger partial charge in [0.2, 0.25) is 0 Å². The van der Waals surface area contributed by atoms with Crippen LogP contribution in [0.15, 0.2) is 24.3 Å². The summed E-state index contributed by atoms with van der Waals surface area (Å²) in [5, 5.41) is 0. The average Bonchev–Trinajstić information content (AvgIpc) is 2.40. The summed E-state index contributed by atoms with van der Waals surface area (Å²) in [6.45, 7) is 2.34. The summed E-state index contributed by atoms with van der Waals surface area (Å²) in [5.74, 6) is 0.981. The summed E-state index contributed by atoms with van der Waals surface area (Å²) in [6, 6.07) is 8.16. The van der Waals surface area contributed by atoms with E-state index in [-0.39, 0.29) is 5.97 Å². The lowest BCUT2D eigenvalue weighted by molar-refractivity contribution is -0.144. The van der Waals surface area contributed by atoms with Gasteiger partial charge in [0, 0.05) is 12.1 Å². The molecule has 0 spiro atoms. The number of hydrogen-bond acceptors (Lipinski definition) is 3. The summed E-state index contributed by atoms with van der Waals surface area (Å²) in [5.41, 5.74) is 7.88. The van der Waals surface area contributed by atoms with Gasteiger partial charge in [-0.1, -0.05) is 18.6 Å². The van der Waals surface area contributed by atoms with E-state index >= 15 is 0 Å². The summed E-state index contributed by atoms with van der Waals surface area (Å²) < 4.78 is 5.05. The molecule has 19 heavy (non-hydrogen) atoms. The molecule has 1 aliphatic carbocycles. The van der Waals surface area contributed by atoms with Crippen molar-refractivity contribution in [3.8, 4) is 0 Å². The highest BCUT2D eigenvalue weighted by molar-refractivity contribution is 5.69. The van der Waals surface area contributed by atoms with Crippen LogP contribution < -0.4 is 5.73 Å². The van der Waals surface area contributed by atoms with Crippen molar-refractivity contribution >= 4 is 11.7 Å². The van der Waals surface area contributed by atoms with Gasteiger partial charge in [-0.15, -0.1) is 0 Å². The lowest BCUT2D eigenvalue weighted by Gasteiger charge is -2.29. The van der Waals surface area contributed by atoms with Crippen molar-refractivity contribution in [1.29, 1.82) is 0 Å². The van der Waals surface area contributed by atoms with E-state index in [1.165, 1.54) is 18.4 Å². The number of nitrogens with two attached hydrogens (primary N) is 1. The number of esters is 1. The Morgan fingerprint density at radius 1 is 1.32 bits per heavy atom. The zero-order valence-corrected chi connectivity index (χ0v) is 11.6. The number of benzene rings is 1. The monoisotopic (exact) mass is 261 g/mol. The third-order valence-corrected chi connectivity index (χ3v) is 3.95. The van der Waals surface area contributed by atoms with Crippen LogP contribution in [0.1, 0.15) is 50.5 Å². The number of rotatable bonds is 4. The van der Waals surface area contributed by atoms with Crippen molar-refractivity contribution in [3.05, 3.63) is 29.8 Å². The van der Waals surface area contributed by atoms with E-state index in [1.807, 2.05) is 19.1 Å². The molecule has 2 N–H and O–H groups in total. The highest BCUT2D eigenvalue weighted by Crippen LogP contribution is 2.37. The van der Waals surface area contributed by atoms with Gasteiger partial charge in [0.1, 0.15) is 0 Å². The third kappa shape index (κ3) is 3.98. The zero-order valence-electron chi connectivity index (χ0n) is 11.6. The van der Waals surface area contributed by atoms with E-state index in [1.54, 1.807) is 0 Å². The van der Waals surface area contributed by atoms with Gasteiger partial charge in [-0.3, -0.25) is 4.79 Å². The molecule has 1 saturated carbocycles. The molecule has 1 fully saturated rings. The Kier molecular flexibility index (Phi) is 4.83. The Bertz CT molecular complexity index is 413. The van der Waals surface area contributed by atoms with E-state index in [0.717, 1.165) is 18.5 Å². The largest absolute Gasteiger partial charge is 0.466 e. The molecule has 2 atom stereocenters. The van der Waals surface area contributed by atoms with Crippen LogP contribution in [0.4, 0.5) is 5.69 Å². The Morgan fingerprint density at radius 2 is 2.05 bits per heavy atom. The first-order valence-electron chi connectivity index (χ1n) is 7.20. The van der Waals surface area contributed by atoms with Crippen molar-refractivity contribution in [2.24, 2.45) is 5.92 Å². The standard InChI is InChI=1S/C16H23NO2/c1-2-19-16(18)11-12-4-3-5-14(10-12)13-6-8-15(17)9-7-13/h6-9,12,14H,2-5,10-11,17H2,1H3/t12-,14+/m0/s1. The van der Waals surface area contributed by atoms with Crippen LogP contribution in [0, 0.1) is 5.92 Å². The maximum absolute atomic E-state index is 11.6. The van der Waals surface area contributed by atoms with Gasteiger partial charge in [0.25, 0.3) is 0 Å². The van der Waals surface area contributed by atoms with Crippen LogP contribution in [0.5, 0.6) is 0 Å². The zero-order chi connectivity index (χ0) is 13.7. The van der Waals surface area contributed by atoms with Crippen LogP contribution in [0.3, 0.4) is 0 Å². The molecule has 0 heterocycles. The first-order chi connectivity index (χ1) is 9.19. The third-order valence-electron chi connectivity index (χ3n) is 3.95. The van der Waals surface area contributed by atoms with Crippen LogP contribution in [-0.4, -0.2) is 12.6 Å². The van der Waals surface area contributed by atoms with Gasteiger partial charge in [-0.05, 0) is 55.7 Å². The second kappa shape index (κ2) is 6.60. The number of hydrogen-bond donors (Lipinski definition) is 1. The Hall–Kier alpha value is -1.51. The fourth-order valence-electron chi connectivity index (χ4n) is 3.00. The Balaban J connectivity index is 1.93. The molecule has 1 aromatic carbocycles. The highest BCUT2D eigenvalue weighted by atomic mass is 16.5. The van der Waals surface area contributed by atoms with E-state index in [2.05, 4.69) is 12.1 Å². The summed E-state index contributed by atoms with van der Waals surface area (Å²) in [7, 11) is 0. The SMILES string of the molecule is CCOC(=O)C[C@H]1CCC[C@@H](c2ccc(N)cc2)C1. The second-order valence-corrected chi connectivity index (χ2v) is 5.41. The fourth-order valence-corrected chi connectivity index (χ4v) is 3.00. The van der Waals surface area contributed by atoms with Crippen LogP contribution in [0.25, 0.3) is 0 Å².